The number of nitrogens with zero attached hydrogens (tertiary/aromatic N) is 4. The molecule has 0 aliphatic carbocycles. The van der Waals surface area contributed by atoms with Gasteiger partial charge in [0.15, 0.2) is 5.65 Å². The molecule has 1 aromatic carbocycles. The van der Waals surface area contributed by atoms with Crippen molar-refractivity contribution in [3.63, 3.8) is 0 Å². The summed E-state index contributed by atoms with van der Waals surface area (Å²) < 4.78 is 1.39. The van der Waals surface area contributed by atoms with Gasteiger partial charge in [-0.15, -0.1) is 0 Å². The Morgan fingerprint density at radius 3 is 2.68 bits per heavy atom. The zero-order valence-electron chi connectivity index (χ0n) is 9.52. The Balaban J connectivity index is 2.11. The molecule has 3 aromatic rings. The van der Waals surface area contributed by atoms with E-state index in [9.17, 15) is 10.1 Å². The van der Waals surface area contributed by atoms with E-state index < -0.39 is 4.92 Å². The fourth-order valence-electron chi connectivity index (χ4n) is 1.72. The van der Waals surface area contributed by atoms with Crippen LogP contribution in [-0.4, -0.2) is 19.5 Å². The minimum atomic E-state index is -0.504. The van der Waals surface area contributed by atoms with Gasteiger partial charge in [-0.05, 0) is 12.1 Å². The van der Waals surface area contributed by atoms with E-state index in [-0.39, 0.29) is 5.69 Å². The number of rotatable bonds is 2. The summed E-state index contributed by atoms with van der Waals surface area (Å²) >= 11 is 5.82. The average molecular weight is 275 g/mol. The second-order valence-corrected chi connectivity index (χ2v) is 4.34. The van der Waals surface area contributed by atoms with Gasteiger partial charge in [0.05, 0.1) is 10.6 Å². The first-order chi connectivity index (χ1) is 9.13. The molecule has 6 nitrogen and oxygen atoms in total. The zero-order valence-corrected chi connectivity index (χ0v) is 10.3. The summed E-state index contributed by atoms with van der Waals surface area (Å²) in [5.41, 5.74) is 2.01. The number of halogens is 1. The van der Waals surface area contributed by atoms with E-state index in [4.69, 9.17) is 11.6 Å². The van der Waals surface area contributed by atoms with Gasteiger partial charge in [0.2, 0.25) is 0 Å². The maximum Gasteiger partial charge on any atom is 0.305 e. The third kappa shape index (κ3) is 2.13. The van der Waals surface area contributed by atoms with E-state index in [1.54, 1.807) is 18.2 Å². The van der Waals surface area contributed by atoms with E-state index in [1.807, 2.05) is 12.1 Å². The van der Waals surface area contributed by atoms with Crippen LogP contribution in [0, 0.1) is 10.1 Å². The number of hydrogen-bond donors (Lipinski definition) is 0. The summed E-state index contributed by atoms with van der Waals surface area (Å²) in [5, 5.41) is 15.6. The van der Waals surface area contributed by atoms with Gasteiger partial charge in [-0.25, -0.2) is 9.50 Å². The molecule has 2 heterocycles. The SMILES string of the molecule is O=[N+]([O-])c1cnc2cc(-c3ccc(Cl)cc3)nn2c1. The molecule has 7 heteroatoms. The molecule has 0 radical (unpaired) electrons. The van der Waals surface area contributed by atoms with Crippen molar-refractivity contribution in [2.75, 3.05) is 0 Å². The lowest BCUT2D eigenvalue weighted by Gasteiger charge is -1.95. The molecule has 0 bridgehead atoms. The number of fused-ring (bicyclic) bond motifs is 1. The number of nitro groups is 1. The van der Waals surface area contributed by atoms with Gasteiger partial charge in [-0.1, -0.05) is 23.7 Å². The highest BCUT2D eigenvalue weighted by atomic mass is 35.5. The summed E-state index contributed by atoms with van der Waals surface area (Å²) in [5.74, 6) is 0. The highest BCUT2D eigenvalue weighted by molar-refractivity contribution is 6.30. The molecule has 0 fully saturated rings. The fourth-order valence-corrected chi connectivity index (χ4v) is 1.85. The standard InChI is InChI=1S/C12H7ClN4O2/c13-9-3-1-8(2-4-9)11-5-12-14-6-10(17(18)19)7-16(12)15-11/h1-7H. The van der Waals surface area contributed by atoms with Crippen LogP contribution in [0.15, 0.2) is 42.7 Å². The maximum absolute atomic E-state index is 10.7. The van der Waals surface area contributed by atoms with Gasteiger partial charge >= 0.3 is 5.69 Å². The molecule has 3 rings (SSSR count). The second kappa shape index (κ2) is 4.33. The van der Waals surface area contributed by atoms with Crippen LogP contribution in [0.2, 0.25) is 5.02 Å². The van der Waals surface area contributed by atoms with Gasteiger partial charge in [-0.3, -0.25) is 10.1 Å². The van der Waals surface area contributed by atoms with Crippen molar-refractivity contribution in [2.24, 2.45) is 0 Å². The van der Waals surface area contributed by atoms with Crippen molar-refractivity contribution < 1.29 is 4.92 Å². The third-order valence-electron chi connectivity index (χ3n) is 2.65. The Bertz CT molecular complexity index is 767. The highest BCUT2D eigenvalue weighted by Gasteiger charge is 2.10. The Morgan fingerprint density at radius 1 is 1.26 bits per heavy atom. The first-order valence-electron chi connectivity index (χ1n) is 5.39. The van der Waals surface area contributed by atoms with Crippen molar-refractivity contribution in [3.8, 4) is 11.3 Å². The largest absolute Gasteiger partial charge is 0.305 e. The molecule has 0 aliphatic heterocycles. The van der Waals surface area contributed by atoms with Crippen LogP contribution in [-0.2, 0) is 0 Å². The topological polar surface area (TPSA) is 73.3 Å². The fraction of sp³-hybridized carbons (Fsp3) is 0. The summed E-state index contributed by atoms with van der Waals surface area (Å²) in [7, 11) is 0. The number of hydrogen-bond acceptors (Lipinski definition) is 4. The molecule has 0 N–H and O–H groups in total. The van der Waals surface area contributed by atoms with Gasteiger partial charge < -0.3 is 0 Å². The van der Waals surface area contributed by atoms with E-state index in [2.05, 4.69) is 10.1 Å². The summed E-state index contributed by atoms with van der Waals surface area (Å²) in [6.07, 6.45) is 2.55. The normalized spacial score (nSPS) is 10.8. The molecule has 0 atom stereocenters. The lowest BCUT2D eigenvalue weighted by Crippen LogP contribution is -1.95. The Morgan fingerprint density at radius 2 is 2.00 bits per heavy atom. The van der Waals surface area contributed by atoms with E-state index in [1.165, 1.54) is 16.9 Å². The molecule has 2 aromatic heterocycles. The molecule has 94 valence electrons. The predicted octanol–water partition coefficient (Wildman–Crippen LogP) is 2.96. The van der Waals surface area contributed by atoms with Crippen molar-refractivity contribution in [1.29, 1.82) is 0 Å². The Hall–Kier alpha value is -2.47. The van der Waals surface area contributed by atoms with Gasteiger partial charge in [0.1, 0.15) is 12.4 Å². The highest BCUT2D eigenvalue weighted by Crippen LogP contribution is 2.22. The minimum absolute atomic E-state index is 0.0988. The summed E-state index contributed by atoms with van der Waals surface area (Å²) in [4.78, 5) is 14.2. The smallest absolute Gasteiger partial charge is 0.258 e. The van der Waals surface area contributed by atoms with Crippen LogP contribution in [0.4, 0.5) is 5.69 Å². The third-order valence-corrected chi connectivity index (χ3v) is 2.90. The van der Waals surface area contributed by atoms with Crippen molar-refractivity contribution in [1.82, 2.24) is 14.6 Å². The van der Waals surface area contributed by atoms with Crippen LogP contribution in [0.25, 0.3) is 16.9 Å². The molecule has 19 heavy (non-hydrogen) atoms. The maximum atomic E-state index is 10.7. The Kier molecular flexibility index (Phi) is 2.64. The quantitative estimate of drug-likeness (QED) is 0.532. The van der Waals surface area contributed by atoms with Crippen LogP contribution < -0.4 is 0 Å². The van der Waals surface area contributed by atoms with Crippen LogP contribution in [0.3, 0.4) is 0 Å². The number of benzene rings is 1. The molecular weight excluding hydrogens is 268 g/mol. The van der Waals surface area contributed by atoms with E-state index in [0.717, 1.165) is 5.56 Å². The second-order valence-electron chi connectivity index (χ2n) is 3.91. The lowest BCUT2D eigenvalue weighted by molar-refractivity contribution is -0.385. The molecule has 0 saturated heterocycles. The number of aromatic nitrogens is 3. The van der Waals surface area contributed by atoms with Crippen LogP contribution in [0.1, 0.15) is 0 Å². The van der Waals surface area contributed by atoms with Crippen molar-refractivity contribution in [3.05, 3.63) is 57.9 Å². The average Bonchev–Trinajstić information content (AvgIpc) is 2.82. The predicted molar refractivity (Wildman–Crippen MR) is 70.1 cm³/mol. The minimum Gasteiger partial charge on any atom is -0.258 e. The zero-order chi connectivity index (χ0) is 13.4. The van der Waals surface area contributed by atoms with E-state index in [0.29, 0.717) is 16.4 Å². The first-order valence-corrected chi connectivity index (χ1v) is 5.77. The summed E-state index contributed by atoms with van der Waals surface area (Å²) in [6, 6.07) is 8.94. The molecular formula is C12H7ClN4O2. The molecule has 0 amide bonds. The van der Waals surface area contributed by atoms with Gasteiger partial charge in [0.25, 0.3) is 0 Å². The first kappa shape index (κ1) is 11.6. The van der Waals surface area contributed by atoms with Crippen LogP contribution in [0.5, 0.6) is 0 Å². The molecule has 0 aliphatic rings. The Labute approximate surface area is 112 Å². The van der Waals surface area contributed by atoms with Crippen LogP contribution >= 0.6 is 11.6 Å². The summed E-state index contributed by atoms with van der Waals surface area (Å²) in [6.45, 7) is 0. The molecule has 0 saturated carbocycles. The molecule has 0 unspecified atom stereocenters. The lowest BCUT2D eigenvalue weighted by atomic mass is 10.2. The van der Waals surface area contributed by atoms with E-state index >= 15 is 0 Å². The van der Waals surface area contributed by atoms with Gasteiger partial charge in [0, 0.05) is 16.7 Å². The molecule has 0 spiro atoms. The van der Waals surface area contributed by atoms with Crippen molar-refractivity contribution in [2.45, 2.75) is 0 Å². The monoisotopic (exact) mass is 274 g/mol. The van der Waals surface area contributed by atoms with Crippen molar-refractivity contribution >= 4 is 22.9 Å². The van der Waals surface area contributed by atoms with Gasteiger partial charge in [-0.2, -0.15) is 5.10 Å².